The van der Waals surface area contributed by atoms with Crippen molar-refractivity contribution in [3.8, 4) is 11.5 Å². The normalized spacial score (nSPS) is 17.6. The van der Waals surface area contributed by atoms with E-state index in [1.807, 2.05) is 36.4 Å². The maximum atomic E-state index is 13.5. The molecule has 0 atom stereocenters. The number of aliphatic carboxylic acids is 1. The van der Waals surface area contributed by atoms with E-state index in [2.05, 4.69) is 40.8 Å². The Bertz CT molecular complexity index is 1610. The molecule has 0 saturated carbocycles. The zero-order valence-electron chi connectivity index (χ0n) is 22.7. The van der Waals surface area contributed by atoms with Gasteiger partial charge in [0.25, 0.3) is 0 Å². The summed E-state index contributed by atoms with van der Waals surface area (Å²) in [6.07, 6.45) is 3.31. The smallest absolute Gasteiger partial charge is 0.323 e. The highest BCUT2D eigenvalue weighted by Gasteiger charge is 2.44. The number of carboxylic acids is 1. The lowest BCUT2D eigenvalue weighted by atomic mass is 9.71. The van der Waals surface area contributed by atoms with Gasteiger partial charge in [-0.1, -0.05) is 42.5 Å². The Morgan fingerprint density at radius 3 is 2.27 bits per heavy atom. The molecule has 210 valence electrons. The predicted octanol–water partition coefficient (Wildman–Crippen LogP) is 6.53. The second-order valence-electron chi connectivity index (χ2n) is 10.6. The molecule has 0 radical (unpaired) electrons. The number of ether oxygens (including phenoxy) is 2. The Morgan fingerprint density at radius 2 is 1.61 bits per heavy atom. The van der Waals surface area contributed by atoms with Gasteiger partial charge in [-0.15, -0.1) is 0 Å². The summed E-state index contributed by atoms with van der Waals surface area (Å²) in [5.74, 6) is -0.469. The predicted molar refractivity (Wildman–Crippen MR) is 163 cm³/mol. The van der Waals surface area contributed by atoms with Crippen molar-refractivity contribution in [1.29, 1.82) is 0 Å². The number of hydrogen-bond donors (Lipinski definition) is 1. The van der Waals surface area contributed by atoms with E-state index in [0.717, 1.165) is 36.9 Å². The minimum absolute atomic E-state index is 0.0261. The molecule has 41 heavy (non-hydrogen) atoms. The maximum Gasteiger partial charge on any atom is 0.323 e. The van der Waals surface area contributed by atoms with Crippen molar-refractivity contribution in [2.45, 2.75) is 51.0 Å². The Balaban J connectivity index is 1.43. The number of carbonyl (C=O) groups is 3. The highest BCUT2D eigenvalue weighted by molar-refractivity contribution is 14.1. The number of benzene rings is 3. The second-order valence-corrected chi connectivity index (χ2v) is 11.8. The molecule has 6 rings (SSSR count). The number of hydrogen-bond acceptors (Lipinski definition) is 6. The van der Waals surface area contributed by atoms with E-state index in [4.69, 9.17) is 9.47 Å². The van der Waals surface area contributed by atoms with Crippen molar-refractivity contribution in [2.75, 3.05) is 13.7 Å². The Labute approximate surface area is 252 Å². The van der Waals surface area contributed by atoms with Crippen molar-refractivity contribution < 1.29 is 29.0 Å². The number of carboxylic acid groups (broad SMARTS) is 1. The molecule has 0 fully saturated rings. The molecule has 2 aliphatic carbocycles. The highest BCUT2D eigenvalue weighted by atomic mass is 127. The summed E-state index contributed by atoms with van der Waals surface area (Å²) in [4.78, 5) is 40.5. The number of halogens is 1. The molecule has 1 heterocycles. The van der Waals surface area contributed by atoms with Gasteiger partial charge in [-0.3, -0.25) is 14.4 Å². The lowest BCUT2D eigenvalue weighted by Crippen LogP contribution is -2.41. The third kappa shape index (κ3) is 5.03. The summed E-state index contributed by atoms with van der Waals surface area (Å²) in [6.45, 7) is 0.0922. The zero-order valence-corrected chi connectivity index (χ0v) is 24.9. The lowest BCUT2D eigenvalue weighted by Gasteiger charge is -2.43. The zero-order chi connectivity index (χ0) is 28.7. The minimum Gasteiger partial charge on any atom is -0.493 e. The van der Waals surface area contributed by atoms with Gasteiger partial charge in [0.15, 0.2) is 23.1 Å². The number of carbonyl (C=O) groups excluding carboxylic acids is 2. The number of Topliss-reactive ketones (excluding diaryl/α,β-unsaturated/α-hetero) is 2. The first-order valence-corrected chi connectivity index (χ1v) is 14.9. The molecule has 3 aliphatic rings. The fourth-order valence-electron chi connectivity index (χ4n) is 6.49. The van der Waals surface area contributed by atoms with Crippen LogP contribution >= 0.6 is 22.6 Å². The van der Waals surface area contributed by atoms with E-state index in [-0.39, 0.29) is 18.1 Å². The van der Waals surface area contributed by atoms with Crippen molar-refractivity contribution in [1.82, 2.24) is 4.90 Å². The van der Waals surface area contributed by atoms with Gasteiger partial charge in [0.1, 0.15) is 13.2 Å². The first-order valence-electron chi connectivity index (χ1n) is 13.9. The summed E-state index contributed by atoms with van der Waals surface area (Å²) >= 11 is 2.22. The van der Waals surface area contributed by atoms with Crippen LogP contribution in [0.2, 0.25) is 0 Å². The minimum atomic E-state index is -0.984. The molecular formula is C33H30INO6. The fraction of sp³-hybridized carbons (Fsp3) is 0.303. The number of rotatable bonds is 7. The molecule has 0 saturated heterocycles. The second kappa shape index (κ2) is 11.3. The molecule has 7 nitrogen and oxygen atoms in total. The van der Waals surface area contributed by atoms with Gasteiger partial charge in [0.2, 0.25) is 0 Å². The molecule has 0 bridgehead atoms. The lowest BCUT2D eigenvalue weighted by molar-refractivity contribution is -0.138. The van der Waals surface area contributed by atoms with Gasteiger partial charge < -0.3 is 19.5 Å². The highest BCUT2D eigenvalue weighted by Crippen LogP contribution is 2.50. The Kier molecular flexibility index (Phi) is 7.59. The quantitative estimate of drug-likeness (QED) is 0.288. The molecule has 0 spiro atoms. The average Bonchev–Trinajstić information content (AvgIpc) is 2.96. The van der Waals surface area contributed by atoms with E-state index in [0.29, 0.717) is 67.8 Å². The van der Waals surface area contributed by atoms with E-state index < -0.39 is 11.9 Å². The van der Waals surface area contributed by atoms with Crippen molar-refractivity contribution in [3.63, 3.8) is 0 Å². The number of allylic oxidation sites excluding steroid dienone is 4. The molecule has 1 aliphatic heterocycles. The monoisotopic (exact) mass is 663 g/mol. The summed E-state index contributed by atoms with van der Waals surface area (Å²) in [7, 11) is 1.59. The summed E-state index contributed by atoms with van der Waals surface area (Å²) in [5, 5.41) is 12.0. The number of fused-ring (bicyclic) bond motifs is 1. The van der Waals surface area contributed by atoms with Crippen molar-refractivity contribution in [3.05, 3.63) is 91.8 Å². The van der Waals surface area contributed by atoms with Gasteiger partial charge in [-0.05, 0) is 82.3 Å². The summed E-state index contributed by atoms with van der Waals surface area (Å²) in [5.41, 5.74) is 4.42. The van der Waals surface area contributed by atoms with E-state index >= 15 is 0 Å². The first kappa shape index (κ1) is 27.5. The first-order chi connectivity index (χ1) is 19.9. The number of nitrogens with zero attached hydrogens (tertiary/aromatic N) is 1. The van der Waals surface area contributed by atoms with Crippen molar-refractivity contribution >= 4 is 50.9 Å². The van der Waals surface area contributed by atoms with Crippen LogP contribution in [0.1, 0.15) is 55.6 Å². The molecule has 1 N–H and O–H groups in total. The summed E-state index contributed by atoms with van der Waals surface area (Å²) < 4.78 is 13.0. The Morgan fingerprint density at radius 1 is 0.951 bits per heavy atom. The van der Waals surface area contributed by atoms with Gasteiger partial charge in [-0.25, -0.2) is 0 Å². The van der Waals surface area contributed by atoms with Crippen LogP contribution in [-0.2, 0) is 21.0 Å². The van der Waals surface area contributed by atoms with Crippen LogP contribution < -0.4 is 9.47 Å². The van der Waals surface area contributed by atoms with E-state index in [9.17, 15) is 19.5 Å². The van der Waals surface area contributed by atoms with Gasteiger partial charge >= 0.3 is 5.97 Å². The van der Waals surface area contributed by atoms with Gasteiger partial charge in [-0.2, -0.15) is 0 Å². The van der Waals surface area contributed by atoms with Crippen LogP contribution in [0, 0.1) is 3.57 Å². The van der Waals surface area contributed by atoms with Crippen molar-refractivity contribution in [2.24, 2.45) is 0 Å². The fourth-order valence-corrected chi connectivity index (χ4v) is 7.27. The van der Waals surface area contributed by atoms with Crippen LogP contribution in [0.3, 0.4) is 0 Å². The topological polar surface area (TPSA) is 93.1 Å². The van der Waals surface area contributed by atoms with E-state index in [1.54, 1.807) is 12.0 Å². The molecule has 0 amide bonds. The SMILES string of the molecule is COc1cc(C2C3=C(CCCC3=O)N(CC(=O)O)C3=C2C(=O)CCC3)cc(I)c1OCc1cccc2ccccc12. The van der Waals surface area contributed by atoms with Crippen LogP contribution in [0.25, 0.3) is 10.8 Å². The van der Waals surface area contributed by atoms with E-state index in [1.165, 1.54) is 0 Å². The van der Waals surface area contributed by atoms with Crippen LogP contribution in [0.5, 0.6) is 11.5 Å². The van der Waals surface area contributed by atoms with Crippen LogP contribution in [-0.4, -0.2) is 41.2 Å². The number of ketones is 2. The van der Waals surface area contributed by atoms with Gasteiger partial charge in [0.05, 0.1) is 10.7 Å². The molecule has 3 aromatic carbocycles. The standard InChI is InChI=1S/C33H30INO6/c1-40-28-16-21(15-23(34)33(28)41-18-20-9-4-8-19-7-2-3-10-22(19)20)30-31-24(11-5-13-26(31)36)35(17-29(38)39)25-12-6-14-27(37)32(25)30/h2-4,7-10,15-16,30H,5-6,11-14,17-18H2,1H3,(H,38,39). The largest absolute Gasteiger partial charge is 0.493 e. The molecular weight excluding hydrogens is 633 g/mol. The molecule has 0 aromatic heterocycles. The Hall–Kier alpha value is -3.66. The number of methoxy groups -OCH3 is 1. The molecule has 0 unspecified atom stereocenters. The summed E-state index contributed by atoms with van der Waals surface area (Å²) in [6, 6.07) is 18.2. The average molecular weight is 664 g/mol. The molecule has 8 heteroatoms. The third-order valence-corrected chi connectivity index (χ3v) is 9.02. The molecule has 3 aromatic rings. The van der Waals surface area contributed by atoms with Crippen LogP contribution in [0.4, 0.5) is 0 Å². The third-order valence-electron chi connectivity index (χ3n) is 8.22. The van der Waals surface area contributed by atoms with Crippen LogP contribution in [0.15, 0.2) is 77.1 Å². The van der Waals surface area contributed by atoms with Gasteiger partial charge in [0, 0.05) is 41.3 Å². The maximum absolute atomic E-state index is 13.5.